The SMILES string of the molecule is COC(=O)[C@H](Cc1ccccc1CC1N[C@H](C(=O)OC)CS1)NC(=O)OC(C)(C)C. The van der Waals surface area contributed by atoms with E-state index in [1.165, 1.54) is 14.2 Å². The number of amides is 1. The minimum atomic E-state index is -0.877. The van der Waals surface area contributed by atoms with E-state index < -0.39 is 23.7 Å². The van der Waals surface area contributed by atoms with Crippen LogP contribution in [0.2, 0.25) is 0 Å². The number of ether oxygens (including phenoxy) is 3. The summed E-state index contributed by atoms with van der Waals surface area (Å²) in [4.78, 5) is 36.2. The number of hydrogen-bond acceptors (Lipinski definition) is 8. The largest absolute Gasteiger partial charge is 0.468 e. The number of esters is 2. The van der Waals surface area contributed by atoms with Gasteiger partial charge in [-0.1, -0.05) is 24.3 Å². The Morgan fingerprint density at radius 2 is 1.83 bits per heavy atom. The van der Waals surface area contributed by atoms with Crippen LogP contribution in [0.25, 0.3) is 0 Å². The van der Waals surface area contributed by atoms with Gasteiger partial charge in [-0.05, 0) is 38.3 Å². The molecule has 1 heterocycles. The monoisotopic (exact) mass is 438 g/mol. The van der Waals surface area contributed by atoms with E-state index in [9.17, 15) is 14.4 Å². The second kappa shape index (κ2) is 10.7. The van der Waals surface area contributed by atoms with E-state index in [0.29, 0.717) is 12.2 Å². The summed E-state index contributed by atoms with van der Waals surface area (Å²) >= 11 is 1.65. The molecule has 0 bridgehead atoms. The molecule has 1 aromatic rings. The molecular formula is C21H30N2O6S. The molecule has 0 aromatic heterocycles. The first-order valence-electron chi connectivity index (χ1n) is 9.72. The molecule has 2 rings (SSSR count). The van der Waals surface area contributed by atoms with Gasteiger partial charge in [-0.15, -0.1) is 11.8 Å². The lowest BCUT2D eigenvalue weighted by Crippen LogP contribution is -2.45. The van der Waals surface area contributed by atoms with Crippen LogP contribution in [0.4, 0.5) is 4.79 Å². The highest BCUT2D eigenvalue weighted by atomic mass is 32.2. The lowest BCUT2D eigenvalue weighted by Gasteiger charge is -2.23. The van der Waals surface area contributed by atoms with Gasteiger partial charge >= 0.3 is 18.0 Å². The van der Waals surface area contributed by atoms with Gasteiger partial charge in [0.2, 0.25) is 0 Å². The van der Waals surface area contributed by atoms with E-state index in [-0.39, 0.29) is 23.8 Å². The molecular weight excluding hydrogens is 408 g/mol. The lowest BCUT2D eigenvalue weighted by molar-refractivity contribution is -0.143. The summed E-state index contributed by atoms with van der Waals surface area (Å²) in [5.74, 6) is -0.176. The van der Waals surface area contributed by atoms with Crippen molar-refractivity contribution in [3.63, 3.8) is 0 Å². The summed E-state index contributed by atoms with van der Waals surface area (Å²) in [6.45, 7) is 5.26. The number of carbonyl (C=O) groups is 3. The van der Waals surface area contributed by atoms with Crippen molar-refractivity contribution in [1.29, 1.82) is 0 Å². The van der Waals surface area contributed by atoms with E-state index >= 15 is 0 Å². The minimum Gasteiger partial charge on any atom is -0.468 e. The number of rotatable bonds is 7. The summed E-state index contributed by atoms with van der Waals surface area (Å²) in [6, 6.07) is 6.49. The van der Waals surface area contributed by atoms with Gasteiger partial charge in [0.05, 0.1) is 19.6 Å². The topological polar surface area (TPSA) is 103 Å². The third kappa shape index (κ3) is 7.21. The first-order valence-corrected chi connectivity index (χ1v) is 10.8. The Labute approximate surface area is 181 Å². The molecule has 0 saturated carbocycles. The van der Waals surface area contributed by atoms with Crippen molar-refractivity contribution in [2.75, 3.05) is 20.0 Å². The maximum absolute atomic E-state index is 12.3. The van der Waals surface area contributed by atoms with E-state index in [4.69, 9.17) is 14.2 Å². The molecule has 1 fully saturated rings. The number of thioether (sulfide) groups is 1. The first-order chi connectivity index (χ1) is 14.1. The summed E-state index contributed by atoms with van der Waals surface area (Å²) < 4.78 is 14.9. The van der Waals surface area contributed by atoms with Crippen molar-refractivity contribution in [3.8, 4) is 0 Å². The Hall–Kier alpha value is -2.26. The maximum atomic E-state index is 12.3. The van der Waals surface area contributed by atoms with Crippen molar-refractivity contribution in [2.45, 2.75) is 56.7 Å². The zero-order valence-corrected chi connectivity index (χ0v) is 18.8. The van der Waals surface area contributed by atoms with E-state index in [0.717, 1.165) is 11.1 Å². The number of benzene rings is 1. The van der Waals surface area contributed by atoms with Crippen LogP contribution < -0.4 is 10.6 Å². The Bertz CT molecular complexity index is 764. The van der Waals surface area contributed by atoms with Gasteiger partial charge < -0.3 is 19.5 Å². The maximum Gasteiger partial charge on any atom is 0.408 e. The average Bonchev–Trinajstić information content (AvgIpc) is 3.14. The van der Waals surface area contributed by atoms with Crippen LogP contribution in [-0.2, 0) is 36.6 Å². The van der Waals surface area contributed by atoms with Gasteiger partial charge in [-0.25, -0.2) is 9.59 Å². The van der Waals surface area contributed by atoms with Crippen LogP contribution in [-0.4, -0.2) is 61.1 Å². The van der Waals surface area contributed by atoms with Gasteiger partial charge in [0.1, 0.15) is 17.7 Å². The van der Waals surface area contributed by atoms with E-state index in [2.05, 4.69) is 10.6 Å². The Morgan fingerprint density at radius 1 is 1.17 bits per heavy atom. The molecule has 2 N–H and O–H groups in total. The van der Waals surface area contributed by atoms with Crippen LogP contribution in [0.3, 0.4) is 0 Å². The molecule has 0 aliphatic carbocycles. The standard InChI is InChI=1S/C21H30N2O6S/c1-21(2,3)29-20(26)23-15(18(24)27-4)10-13-8-6-7-9-14(13)11-17-22-16(12-30-17)19(25)28-5/h6-9,15-17,22H,10-12H2,1-5H3,(H,23,26)/t15-,16-,17?/m0/s1. The molecule has 30 heavy (non-hydrogen) atoms. The quantitative estimate of drug-likeness (QED) is 0.493. The lowest BCUT2D eigenvalue weighted by atomic mass is 9.98. The Kier molecular flexibility index (Phi) is 8.54. The molecule has 1 saturated heterocycles. The van der Waals surface area contributed by atoms with Crippen molar-refractivity contribution >= 4 is 29.8 Å². The van der Waals surface area contributed by atoms with E-state index in [1.54, 1.807) is 32.5 Å². The number of nitrogens with one attached hydrogen (secondary N) is 2. The van der Waals surface area contributed by atoms with Gasteiger partial charge in [0, 0.05) is 12.2 Å². The summed E-state index contributed by atoms with van der Waals surface area (Å²) in [6.07, 6.45) is 0.249. The zero-order chi connectivity index (χ0) is 22.3. The smallest absolute Gasteiger partial charge is 0.408 e. The fourth-order valence-corrected chi connectivity index (χ4v) is 4.30. The number of hydrogen-bond donors (Lipinski definition) is 2. The molecule has 1 aromatic carbocycles. The molecule has 3 atom stereocenters. The van der Waals surface area contributed by atoms with Crippen molar-refractivity contribution in [2.24, 2.45) is 0 Å². The molecule has 1 aliphatic rings. The minimum absolute atomic E-state index is 0.0469. The number of alkyl carbamates (subject to hydrolysis) is 1. The van der Waals surface area contributed by atoms with E-state index in [1.807, 2.05) is 24.3 Å². The molecule has 0 radical (unpaired) electrons. The second-order valence-electron chi connectivity index (χ2n) is 7.96. The van der Waals surface area contributed by atoms with Crippen molar-refractivity contribution in [1.82, 2.24) is 10.6 Å². The fourth-order valence-electron chi connectivity index (χ4n) is 3.09. The Balaban J connectivity index is 2.09. The molecule has 0 spiro atoms. The summed E-state index contributed by atoms with van der Waals surface area (Å²) in [7, 11) is 2.66. The van der Waals surface area contributed by atoms with Crippen molar-refractivity contribution < 1.29 is 28.6 Å². The van der Waals surface area contributed by atoms with Crippen molar-refractivity contribution in [3.05, 3.63) is 35.4 Å². The highest BCUT2D eigenvalue weighted by Gasteiger charge is 2.31. The average molecular weight is 439 g/mol. The number of methoxy groups -OCH3 is 2. The second-order valence-corrected chi connectivity index (χ2v) is 9.20. The van der Waals surface area contributed by atoms with Crippen LogP contribution in [0.5, 0.6) is 0 Å². The predicted octanol–water partition coefficient (Wildman–Crippen LogP) is 2.04. The van der Waals surface area contributed by atoms with Gasteiger partial charge in [-0.2, -0.15) is 0 Å². The highest BCUT2D eigenvalue weighted by molar-refractivity contribution is 8.00. The highest BCUT2D eigenvalue weighted by Crippen LogP contribution is 2.25. The van der Waals surface area contributed by atoms with Crippen LogP contribution >= 0.6 is 11.8 Å². The molecule has 1 aliphatic heterocycles. The predicted molar refractivity (Wildman–Crippen MR) is 114 cm³/mol. The Morgan fingerprint density at radius 3 is 2.43 bits per heavy atom. The van der Waals surface area contributed by atoms with Gasteiger partial charge in [0.15, 0.2) is 0 Å². The van der Waals surface area contributed by atoms with Gasteiger partial charge in [-0.3, -0.25) is 10.1 Å². The van der Waals surface area contributed by atoms with Gasteiger partial charge in [0.25, 0.3) is 0 Å². The zero-order valence-electron chi connectivity index (χ0n) is 18.0. The first kappa shape index (κ1) is 24.0. The molecule has 9 heteroatoms. The number of carbonyl (C=O) groups excluding carboxylic acids is 3. The molecule has 1 amide bonds. The fraction of sp³-hybridized carbons (Fsp3) is 0.571. The molecule has 1 unspecified atom stereocenters. The summed E-state index contributed by atoms with van der Waals surface area (Å²) in [5.41, 5.74) is 1.25. The normalized spacial score (nSPS) is 19.6. The molecule has 8 nitrogen and oxygen atoms in total. The van der Waals surface area contributed by atoms with Crippen LogP contribution in [0.1, 0.15) is 31.9 Å². The summed E-state index contributed by atoms with van der Waals surface area (Å²) in [5, 5.41) is 5.92. The third-order valence-electron chi connectivity index (χ3n) is 4.46. The van der Waals surface area contributed by atoms with Crippen LogP contribution in [0.15, 0.2) is 24.3 Å². The third-order valence-corrected chi connectivity index (χ3v) is 5.69. The molecule has 166 valence electrons. The van der Waals surface area contributed by atoms with Crippen LogP contribution in [0, 0.1) is 0 Å².